The predicted octanol–water partition coefficient (Wildman–Crippen LogP) is 0.292. The Bertz CT molecular complexity index is 1730. The zero-order valence-corrected chi connectivity index (χ0v) is 31.1. The first-order valence-electron chi connectivity index (χ1n) is 17.4. The fourth-order valence-electron chi connectivity index (χ4n) is 8.87. The Morgan fingerprint density at radius 2 is 1.46 bits per heavy atom. The molecule has 5 rings (SSSR count). The zero-order valence-electron chi connectivity index (χ0n) is 31.1. The molecule has 54 heavy (non-hydrogen) atoms. The molecule has 18 nitrogen and oxygen atoms in total. The summed E-state index contributed by atoms with van der Waals surface area (Å²) in [5, 5.41) is 25.8. The van der Waals surface area contributed by atoms with Gasteiger partial charge in [-0.3, -0.25) is 33.8 Å². The first kappa shape index (κ1) is 40.5. The van der Waals surface area contributed by atoms with Crippen LogP contribution in [0.4, 0.5) is 0 Å². The van der Waals surface area contributed by atoms with Crippen molar-refractivity contribution in [2.75, 3.05) is 13.2 Å². The highest BCUT2D eigenvalue weighted by Crippen LogP contribution is 2.69. The highest BCUT2D eigenvalue weighted by atomic mass is 16.7. The molecule has 4 aliphatic rings. The highest BCUT2D eigenvalue weighted by molar-refractivity contribution is 5.90. The van der Waals surface area contributed by atoms with E-state index in [0.29, 0.717) is 0 Å². The number of hydrogen-bond acceptors (Lipinski definition) is 18. The number of aliphatic hydroxyl groups excluding tert-OH is 1. The number of carbonyl (C=O) groups excluding carboxylic acids is 7. The van der Waals surface area contributed by atoms with Crippen LogP contribution in [0.2, 0.25) is 0 Å². The molecular formula is C36H45NO17. The number of pyridine rings is 1. The molecule has 4 bridgehead atoms. The van der Waals surface area contributed by atoms with Crippen LogP contribution in [0.25, 0.3) is 0 Å². The van der Waals surface area contributed by atoms with Crippen LogP contribution in [0.15, 0.2) is 18.3 Å². The SMILES string of the molecule is CC(=O)OC[C@]12[C@H](OC(C)=O)[C@H](OC(C)=O)[C@@H]3[C@@H](O)[C@@]14O[C@@]3(C)COC(=O)c1cccnc1CC[C@@H](C)C(=O)O[C@@H]([C@H](OC(C)=O)[C@@H]2OC(C)=O)[C@]4(C)O. The van der Waals surface area contributed by atoms with Crippen LogP contribution in [0, 0.1) is 17.3 Å². The van der Waals surface area contributed by atoms with Crippen LogP contribution in [0.1, 0.15) is 77.9 Å². The van der Waals surface area contributed by atoms with Gasteiger partial charge in [-0.2, -0.15) is 0 Å². The minimum atomic E-state index is -2.76. The molecule has 1 aromatic heterocycles. The van der Waals surface area contributed by atoms with Gasteiger partial charge in [0.1, 0.15) is 41.5 Å². The van der Waals surface area contributed by atoms with Gasteiger partial charge in [-0.05, 0) is 38.8 Å². The lowest BCUT2D eigenvalue weighted by molar-refractivity contribution is -0.386. The number of rotatable bonds is 6. The molecule has 12 atom stereocenters. The van der Waals surface area contributed by atoms with Crippen molar-refractivity contribution in [3.8, 4) is 0 Å². The number of carbonyl (C=O) groups is 7. The molecule has 1 spiro atoms. The van der Waals surface area contributed by atoms with Crippen molar-refractivity contribution in [2.45, 2.75) is 122 Å². The molecule has 2 N–H and O–H groups in total. The summed E-state index contributed by atoms with van der Waals surface area (Å²) in [6, 6.07) is 2.97. The largest absolute Gasteiger partial charge is 0.465 e. The molecule has 0 aromatic carbocycles. The van der Waals surface area contributed by atoms with Gasteiger partial charge in [0, 0.05) is 40.8 Å². The number of aryl methyl sites for hydroxylation is 1. The standard InChI is InChI=1S/C36H45NO17/c1-16-11-12-23-22(10-9-13-37-23)32(45)48-14-33(7)24-25(49-18(3)39)29(51-20(5)41)35(15-47-17(2)38)30(52-21(6)42)26(50-19(4)40)28(53-31(16)44)34(8,46)36(35,54-33)27(24)43/h9-10,13,16,24-30,43,46H,11-12,14-15H2,1-8H3/t16-,24-,25-,26+,27-,28+,29-,30+,33+,34+,35-,36+/m1/s1. The second-order valence-corrected chi connectivity index (χ2v) is 14.7. The van der Waals surface area contributed by atoms with Crippen LogP contribution < -0.4 is 0 Å². The Hall–Kier alpha value is -4.68. The number of esters is 7. The summed E-state index contributed by atoms with van der Waals surface area (Å²) >= 11 is 0. The van der Waals surface area contributed by atoms with Gasteiger partial charge in [0.15, 0.2) is 24.4 Å². The Morgan fingerprint density at radius 1 is 0.889 bits per heavy atom. The molecule has 0 unspecified atom stereocenters. The molecule has 1 saturated heterocycles. The van der Waals surface area contributed by atoms with Crippen molar-refractivity contribution in [3.63, 3.8) is 0 Å². The summed E-state index contributed by atoms with van der Waals surface area (Å²) in [7, 11) is 0. The van der Waals surface area contributed by atoms with Crippen molar-refractivity contribution in [2.24, 2.45) is 17.3 Å². The third-order valence-corrected chi connectivity index (χ3v) is 10.9. The van der Waals surface area contributed by atoms with Crippen LogP contribution in [-0.2, 0) is 73.1 Å². The quantitative estimate of drug-likeness (QED) is 0.292. The summed E-state index contributed by atoms with van der Waals surface area (Å²) in [6.07, 6.45) is -10.3. The number of aliphatic hydroxyl groups is 2. The summed E-state index contributed by atoms with van der Waals surface area (Å²) < 4.78 is 47.5. The van der Waals surface area contributed by atoms with Crippen molar-refractivity contribution >= 4 is 41.8 Å². The van der Waals surface area contributed by atoms with Crippen LogP contribution in [0.5, 0.6) is 0 Å². The maximum absolute atomic E-state index is 14.0. The predicted molar refractivity (Wildman–Crippen MR) is 176 cm³/mol. The third kappa shape index (κ3) is 6.46. The number of aromatic nitrogens is 1. The Kier molecular flexibility index (Phi) is 10.9. The number of cyclic esters (lactones) is 1. The average molecular weight is 764 g/mol. The summed E-state index contributed by atoms with van der Waals surface area (Å²) in [5.41, 5.74) is -9.71. The van der Waals surface area contributed by atoms with Gasteiger partial charge in [-0.25, -0.2) is 4.79 Å². The number of ether oxygens (including phenoxy) is 8. The molecule has 0 amide bonds. The highest BCUT2D eigenvalue weighted by Gasteiger charge is 2.90. The molecule has 2 saturated carbocycles. The minimum absolute atomic E-state index is 0.0466. The maximum atomic E-state index is 14.0. The van der Waals surface area contributed by atoms with E-state index in [-0.39, 0.29) is 24.1 Å². The number of nitrogens with zero attached hydrogens (tertiary/aromatic N) is 1. The Labute approximate surface area is 310 Å². The van der Waals surface area contributed by atoms with E-state index in [4.69, 9.17) is 37.9 Å². The van der Waals surface area contributed by atoms with Crippen molar-refractivity contribution in [1.82, 2.24) is 4.98 Å². The van der Waals surface area contributed by atoms with E-state index in [1.807, 2.05) is 0 Å². The van der Waals surface area contributed by atoms with E-state index in [1.54, 1.807) is 0 Å². The molecule has 2 aliphatic carbocycles. The monoisotopic (exact) mass is 763 g/mol. The van der Waals surface area contributed by atoms with E-state index < -0.39 is 126 Å². The minimum Gasteiger partial charge on any atom is -0.465 e. The normalized spacial score (nSPS) is 38.6. The van der Waals surface area contributed by atoms with E-state index in [9.17, 15) is 43.8 Å². The zero-order chi connectivity index (χ0) is 40.1. The lowest BCUT2D eigenvalue weighted by atomic mass is 9.45. The topological polar surface area (TPSA) is 247 Å². The van der Waals surface area contributed by atoms with E-state index in [1.165, 1.54) is 32.2 Å². The van der Waals surface area contributed by atoms with Gasteiger partial charge in [0.25, 0.3) is 0 Å². The molecular weight excluding hydrogens is 718 g/mol. The molecule has 3 fully saturated rings. The van der Waals surface area contributed by atoms with Crippen molar-refractivity contribution in [3.05, 3.63) is 29.6 Å². The Balaban J connectivity index is 1.93. The fraction of sp³-hybridized carbons (Fsp3) is 0.667. The maximum Gasteiger partial charge on any atom is 0.340 e. The molecule has 296 valence electrons. The first-order chi connectivity index (χ1) is 25.1. The van der Waals surface area contributed by atoms with Crippen LogP contribution >= 0.6 is 0 Å². The van der Waals surface area contributed by atoms with Crippen molar-refractivity contribution in [1.29, 1.82) is 0 Å². The van der Waals surface area contributed by atoms with Crippen molar-refractivity contribution < 1.29 is 81.7 Å². The van der Waals surface area contributed by atoms with Gasteiger partial charge in [-0.15, -0.1) is 0 Å². The molecule has 0 radical (unpaired) electrons. The second-order valence-electron chi connectivity index (χ2n) is 14.7. The molecule has 2 aliphatic heterocycles. The lowest BCUT2D eigenvalue weighted by Gasteiger charge is -2.67. The van der Waals surface area contributed by atoms with Gasteiger partial charge >= 0.3 is 41.8 Å². The summed E-state index contributed by atoms with van der Waals surface area (Å²) in [5.74, 6) is -9.34. The second kappa shape index (κ2) is 14.5. The molecule has 1 aromatic rings. The molecule has 3 heterocycles. The van der Waals surface area contributed by atoms with Gasteiger partial charge in [0.05, 0.1) is 29.2 Å². The van der Waals surface area contributed by atoms with E-state index in [0.717, 1.165) is 41.5 Å². The number of fused-ring (bicyclic) bond motifs is 5. The van der Waals surface area contributed by atoms with E-state index in [2.05, 4.69) is 4.98 Å². The third-order valence-electron chi connectivity index (χ3n) is 10.9. The van der Waals surface area contributed by atoms with Gasteiger partial charge < -0.3 is 48.1 Å². The van der Waals surface area contributed by atoms with Crippen LogP contribution in [-0.4, -0.2) is 124 Å². The number of hydrogen-bond donors (Lipinski definition) is 2. The summed E-state index contributed by atoms with van der Waals surface area (Å²) in [6.45, 7) is 7.22. The van der Waals surface area contributed by atoms with Gasteiger partial charge in [0.2, 0.25) is 0 Å². The van der Waals surface area contributed by atoms with Gasteiger partial charge in [-0.1, -0.05) is 6.92 Å². The first-order valence-corrected chi connectivity index (χ1v) is 17.4. The smallest absolute Gasteiger partial charge is 0.340 e. The fourth-order valence-corrected chi connectivity index (χ4v) is 8.87. The summed E-state index contributed by atoms with van der Waals surface area (Å²) in [4.78, 5) is 96.5. The molecule has 18 heteroatoms. The average Bonchev–Trinajstić information content (AvgIpc) is 3.27. The van der Waals surface area contributed by atoms with Crippen LogP contribution in [0.3, 0.4) is 0 Å². The van der Waals surface area contributed by atoms with E-state index >= 15 is 0 Å². The Morgan fingerprint density at radius 3 is 2.04 bits per heavy atom. The lowest BCUT2D eigenvalue weighted by Crippen LogP contribution is -2.89.